The van der Waals surface area contributed by atoms with Crippen LogP contribution in [0, 0.1) is 11.3 Å². The Morgan fingerprint density at radius 2 is 2.05 bits per heavy atom. The molecule has 0 bridgehead atoms. The first-order valence-corrected chi connectivity index (χ1v) is 7.32. The van der Waals surface area contributed by atoms with Crippen LogP contribution in [-0.4, -0.2) is 7.11 Å². The molecular weight excluding hydrogens is 338 g/mol. The van der Waals surface area contributed by atoms with Crippen LogP contribution in [0.2, 0.25) is 5.02 Å². The molecule has 0 aliphatic carbocycles. The molecule has 0 atom stereocenters. The normalized spacial score (nSPS) is 10.1. The van der Waals surface area contributed by atoms with Crippen LogP contribution in [0.4, 0.5) is 0 Å². The first-order chi connectivity index (χ1) is 9.65. The van der Waals surface area contributed by atoms with Crippen molar-refractivity contribution < 1.29 is 4.74 Å². The van der Waals surface area contributed by atoms with Crippen molar-refractivity contribution in [2.75, 3.05) is 7.11 Å². The van der Waals surface area contributed by atoms with Crippen LogP contribution < -0.4 is 4.74 Å². The number of halogens is 2. The minimum atomic E-state index is 0.631. The van der Waals surface area contributed by atoms with Crippen LogP contribution in [0.25, 0.3) is 0 Å². The van der Waals surface area contributed by atoms with Gasteiger partial charge in [-0.3, -0.25) is 0 Å². The van der Waals surface area contributed by atoms with E-state index in [2.05, 4.69) is 22.0 Å². The molecular formula is C16H13BrClNO. The van der Waals surface area contributed by atoms with Gasteiger partial charge in [0.15, 0.2) is 0 Å². The zero-order valence-electron chi connectivity index (χ0n) is 11.0. The van der Waals surface area contributed by atoms with E-state index in [9.17, 15) is 0 Å². The molecule has 102 valence electrons. The Kier molecular flexibility index (Phi) is 5.05. The minimum absolute atomic E-state index is 0.631. The summed E-state index contributed by atoms with van der Waals surface area (Å²) in [4.78, 5) is 0. The van der Waals surface area contributed by atoms with Crippen LogP contribution in [0.3, 0.4) is 0 Å². The maximum absolute atomic E-state index is 9.14. The van der Waals surface area contributed by atoms with Gasteiger partial charge in [0.2, 0.25) is 0 Å². The van der Waals surface area contributed by atoms with Gasteiger partial charge in [-0.25, -0.2) is 0 Å². The first-order valence-electron chi connectivity index (χ1n) is 6.15. The van der Waals surface area contributed by atoms with Gasteiger partial charge in [0.1, 0.15) is 5.75 Å². The lowest BCUT2D eigenvalue weighted by molar-refractivity contribution is 0.409. The van der Waals surface area contributed by atoms with E-state index in [0.717, 1.165) is 27.8 Å². The molecule has 0 aromatic heterocycles. The van der Waals surface area contributed by atoms with Gasteiger partial charge in [0.05, 0.1) is 18.7 Å². The van der Waals surface area contributed by atoms with Gasteiger partial charge in [-0.1, -0.05) is 33.6 Å². The molecule has 4 heteroatoms. The molecule has 0 N–H and O–H groups in total. The number of ether oxygens (including phenoxy) is 1. The monoisotopic (exact) mass is 349 g/mol. The summed E-state index contributed by atoms with van der Waals surface area (Å²) in [5.74, 6) is 0.846. The molecule has 0 aliphatic rings. The van der Waals surface area contributed by atoms with Crippen molar-refractivity contribution in [2.24, 2.45) is 0 Å². The number of aryl methyl sites for hydroxylation is 1. The SMILES string of the molecule is COc1ccc(Br)cc1CCc1c(Cl)cccc1C#N. The highest BCUT2D eigenvalue weighted by Crippen LogP contribution is 2.27. The number of hydrogen-bond donors (Lipinski definition) is 0. The summed E-state index contributed by atoms with van der Waals surface area (Å²) in [7, 11) is 1.66. The van der Waals surface area contributed by atoms with Crippen molar-refractivity contribution in [3.63, 3.8) is 0 Å². The van der Waals surface area contributed by atoms with Crippen LogP contribution in [-0.2, 0) is 12.8 Å². The quantitative estimate of drug-likeness (QED) is 0.796. The summed E-state index contributed by atoms with van der Waals surface area (Å²) in [5.41, 5.74) is 2.61. The molecule has 0 saturated heterocycles. The summed E-state index contributed by atoms with van der Waals surface area (Å²) >= 11 is 9.65. The largest absolute Gasteiger partial charge is 0.496 e. The highest BCUT2D eigenvalue weighted by Gasteiger charge is 2.09. The topological polar surface area (TPSA) is 33.0 Å². The maximum Gasteiger partial charge on any atom is 0.122 e. The van der Waals surface area contributed by atoms with Crippen LogP contribution in [0.1, 0.15) is 16.7 Å². The third-order valence-corrected chi connectivity index (χ3v) is 3.97. The average molecular weight is 351 g/mol. The third-order valence-electron chi connectivity index (χ3n) is 3.13. The van der Waals surface area contributed by atoms with Crippen molar-refractivity contribution in [3.05, 3.63) is 62.6 Å². The summed E-state index contributed by atoms with van der Waals surface area (Å²) in [5, 5.41) is 9.78. The van der Waals surface area contributed by atoms with Gasteiger partial charge in [0, 0.05) is 9.50 Å². The Morgan fingerprint density at radius 1 is 1.25 bits per heavy atom. The molecule has 0 heterocycles. The Balaban J connectivity index is 2.26. The Bertz CT molecular complexity index is 664. The number of nitriles is 1. The lowest BCUT2D eigenvalue weighted by atomic mass is 10.00. The molecule has 0 aliphatic heterocycles. The molecule has 0 radical (unpaired) electrons. The summed E-state index contributed by atoms with van der Waals surface area (Å²) in [6.07, 6.45) is 1.47. The van der Waals surface area contributed by atoms with E-state index in [1.165, 1.54) is 0 Å². The van der Waals surface area contributed by atoms with Crippen molar-refractivity contribution in [2.45, 2.75) is 12.8 Å². The molecule has 0 saturated carbocycles. The summed E-state index contributed by atoms with van der Waals surface area (Å²) in [6.45, 7) is 0. The highest BCUT2D eigenvalue weighted by molar-refractivity contribution is 9.10. The lowest BCUT2D eigenvalue weighted by Crippen LogP contribution is -1.98. The van der Waals surface area contributed by atoms with E-state index in [1.807, 2.05) is 24.3 Å². The molecule has 0 fully saturated rings. The fraction of sp³-hybridized carbons (Fsp3) is 0.188. The summed E-state index contributed by atoms with van der Waals surface area (Å²) in [6, 6.07) is 13.5. The fourth-order valence-electron chi connectivity index (χ4n) is 2.12. The average Bonchev–Trinajstić information content (AvgIpc) is 2.46. The molecule has 0 unspecified atom stereocenters. The fourth-order valence-corrected chi connectivity index (χ4v) is 2.80. The number of hydrogen-bond acceptors (Lipinski definition) is 2. The predicted molar refractivity (Wildman–Crippen MR) is 84.3 cm³/mol. The number of methoxy groups -OCH3 is 1. The highest BCUT2D eigenvalue weighted by atomic mass is 79.9. The standard InChI is InChI=1S/C16H13BrClNO/c1-20-16-8-6-13(17)9-11(16)5-7-14-12(10-19)3-2-4-15(14)18/h2-4,6,8-9H,5,7H2,1H3. The second-order valence-corrected chi connectivity index (χ2v) is 5.66. The second kappa shape index (κ2) is 6.78. The van der Waals surface area contributed by atoms with E-state index in [1.54, 1.807) is 19.2 Å². The minimum Gasteiger partial charge on any atom is -0.496 e. The van der Waals surface area contributed by atoms with Gasteiger partial charge < -0.3 is 4.74 Å². The lowest BCUT2D eigenvalue weighted by Gasteiger charge is -2.10. The van der Waals surface area contributed by atoms with E-state index < -0.39 is 0 Å². The van der Waals surface area contributed by atoms with Gasteiger partial charge >= 0.3 is 0 Å². The molecule has 2 rings (SSSR count). The number of benzene rings is 2. The third kappa shape index (κ3) is 3.33. The summed E-state index contributed by atoms with van der Waals surface area (Å²) < 4.78 is 6.36. The van der Waals surface area contributed by atoms with Crippen molar-refractivity contribution in [3.8, 4) is 11.8 Å². The van der Waals surface area contributed by atoms with Crippen LogP contribution in [0.15, 0.2) is 40.9 Å². The molecule has 20 heavy (non-hydrogen) atoms. The Morgan fingerprint density at radius 3 is 2.75 bits per heavy atom. The maximum atomic E-state index is 9.14. The zero-order valence-corrected chi connectivity index (χ0v) is 13.3. The molecule has 2 nitrogen and oxygen atoms in total. The van der Waals surface area contributed by atoms with Gasteiger partial charge in [-0.05, 0) is 54.3 Å². The Labute approximate surface area is 132 Å². The van der Waals surface area contributed by atoms with Crippen LogP contribution >= 0.6 is 27.5 Å². The van der Waals surface area contributed by atoms with Crippen molar-refractivity contribution >= 4 is 27.5 Å². The predicted octanol–water partition coefficient (Wildman–Crippen LogP) is 4.77. The second-order valence-electron chi connectivity index (χ2n) is 4.33. The van der Waals surface area contributed by atoms with Gasteiger partial charge in [0.25, 0.3) is 0 Å². The smallest absolute Gasteiger partial charge is 0.122 e. The van der Waals surface area contributed by atoms with Crippen LogP contribution in [0.5, 0.6) is 5.75 Å². The van der Waals surface area contributed by atoms with E-state index in [4.69, 9.17) is 21.6 Å². The van der Waals surface area contributed by atoms with Gasteiger partial charge in [-0.15, -0.1) is 0 Å². The van der Waals surface area contributed by atoms with E-state index in [0.29, 0.717) is 17.0 Å². The zero-order chi connectivity index (χ0) is 14.5. The Hall–Kier alpha value is -1.50. The van der Waals surface area contributed by atoms with Crippen molar-refractivity contribution in [1.29, 1.82) is 5.26 Å². The number of nitrogens with zero attached hydrogens (tertiary/aromatic N) is 1. The van der Waals surface area contributed by atoms with E-state index in [-0.39, 0.29) is 0 Å². The number of rotatable bonds is 4. The molecule has 0 amide bonds. The van der Waals surface area contributed by atoms with Gasteiger partial charge in [-0.2, -0.15) is 5.26 Å². The first kappa shape index (κ1) is 14.9. The molecule has 2 aromatic carbocycles. The molecule has 0 spiro atoms. The van der Waals surface area contributed by atoms with E-state index >= 15 is 0 Å². The molecule has 2 aromatic rings. The van der Waals surface area contributed by atoms with Crippen molar-refractivity contribution in [1.82, 2.24) is 0 Å².